The predicted molar refractivity (Wildman–Crippen MR) is 81.8 cm³/mol. The number of ether oxygens (including phenoxy) is 2. The summed E-state index contributed by atoms with van der Waals surface area (Å²) >= 11 is 0. The van der Waals surface area contributed by atoms with E-state index in [0.717, 1.165) is 19.5 Å². The molecular formula is C15H23N3O3. The number of rotatable bonds is 7. The number of carbonyl (C=O) groups excluding carboxylic acids is 1. The molecule has 0 spiro atoms. The van der Waals surface area contributed by atoms with Crippen LogP contribution in [0.15, 0.2) is 18.2 Å². The summed E-state index contributed by atoms with van der Waals surface area (Å²) in [5, 5.41) is 6.09. The maximum Gasteiger partial charge on any atom is 0.241 e. The molecule has 6 nitrogen and oxygen atoms in total. The Morgan fingerprint density at radius 2 is 2.10 bits per heavy atom. The molecule has 2 N–H and O–H groups in total. The number of benzene rings is 1. The Labute approximate surface area is 125 Å². The number of amides is 1. The van der Waals surface area contributed by atoms with Crippen LogP contribution in [0.4, 0.5) is 5.69 Å². The zero-order valence-corrected chi connectivity index (χ0v) is 12.8. The summed E-state index contributed by atoms with van der Waals surface area (Å²) in [6.45, 7) is 3.91. The molecule has 116 valence electrons. The number of nitrogens with zero attached hydrogens (tertiary/aromatic N) is 1. The first kappa shape index (κ1) is 15.6. The van der Waals surface area contributed by atoms with Gasteiger partial charge >= 0.3 is 0 Å². The highest BCUT2D eigenvalue weighted by Crippen LogP contribution is 2.34. The molecule has 0 saturated heterocycles. The zero-order valence-electron chi connectivity index (χ0n) is 12.8. The normalized spacial score (nSPS) is 14.3. The van der Waals surface area contributed by atoms with Crippen LogP contribution in [0.3, 0.4) is 0 Å². The number of hydrogen-bond acceptors (Lipinski definition) is 5. The molecule has 1 aliphatic rings. The number of fused-ring (bicyclic) bond motifs is 1. The summed E-state index contributed by atoms with van der Waals surface area (Å²) in [4.78, 5) is 14.2. The maximum absolute atomic E-state index is 12.1. The Hall–Kier alpha value is -1.79. The van der Waals surface area contributed by atoms with Crippen LogP contribution in [0.2, 0.25) is 0 Å². The van der Waals surface area contributed by atoms with Crippen molar-refractivity contribution in [1.82, 2.24) is 10.2 Å². The molecule has 1 amide bonds. The van der Waals surface area contributed by atoms with E-state index in [0.29, 0.717) is 17.2 Å². The second kappa shape index (κ2) is 7.28. The van der Waals surface area contributed by atoms with Crippen LogP contribution < -0.4 is 20.1 Å². The first-order valence-electron chi connectivity index (χ1n) is 7.15. The Morgan fingerprint density at radius 3 is 2.86 bits per heavy atom. The van der Waals surface area contributed by atoms with Crippen molar-refractivity contribution >= 4 is 11.6 Å². The maximum atomic E-state index is 12.1. The Morgan fingerprint density at radius 1 is 1.33 bits per heavy atom. The van der Waals surface area contributed by atoms with Gasteiger partial charge in [-0.3, -0.25) is 4.79 Å². The minimum absolute atomic E-state index is 0.0567. The molecule has 0 aromatic heterocycles. The lowest BCUT2D eigenvalue weighted by Crippen LogP contribution is -2.39. The van der Waals surface area contributed by atoms with E-state index in [1.807, 2.05) is 27.1 Å². The summed E-state index contributed by atoms with van der Waals surface area (Å²) in [5.74, 6) is 1.32. The van der Waals surface area contributed by atoms with Crippen molar-refractivity contribution in [2.75, 3.05) is 39.3 Å². The monoisotopic (exact) mass is 293 g/mol. The van der Waals surface area contributed by atoms with Crippen molar-refractivity contribution in [3.63, 3.8) is 0 Å². The first-order valence-corrected chi connectivity index (χ1v) is 7.15. The topological polar surface area (TPSA) is 62.8 Å². The predicted octanol–water partition coefficient (Wildman–Crippen LogP) is 1.28. The van der Waals surface area contributed by atoms with Crippen molar-refractivity contribution in [1.29, 1.82) is 0 Å². The largest absolute Gasteiger partial charge is 0.454 e. The van der Waals surface area contributed by atoms with E-state index in [2.05, 4.69) is 15.5 Å². The smallest absolute Gasteiger partial charge is 0.241 e. The van der Waals surface area contributed by atoms with E-state index < -0.39 is 0 Å². The molecule has 1 unspecified atom stereocenters. The van der Waals surface area contributed by atoms with Crippen LogP contribution in [0.5, 0.6) is 11.5 Å². The second-order valence-electron chi connectivity index (χ2n) is 5.39. The van der Waals surface area contributed by atoms with E-state index in [1.54, 1.807) is 12.1 Å². The van der Waals surface area contributed by atoms with Crippen molar-refractivity contribution in [3.8, 4) is 11.5 Å². The fraction of sp³-hybridized carbons (Fsp3) is 0.533. The van der Waals surface area contributed by atoms with Gasteiger partial charge in [-0.2, -0.15) is 0 Å². The van der Waals surface area contributed by atoms with E-state index in [-0.39, 0.29) is 18.7 Å². The van der Waals surface area contributed by atoms with Crippen molar-refractivity contribution in [2.24, 2.45) is 0 Å². The van der Waals surface area contributed by atoms with Gasteiger partial charge in [-0.05, 0) is 52.7 Å². The standard InChI is InChI=1S/C15H23N3O3/c1-11(16-7-4-8-18(2)3)15(19)17-12-5-6-13-14(9-12)21-10-20-13/h5-6,9,11,16H,4,7-8,10H2,1-3H3,(H,17,19). The molecule has 2 rings (SSSR count). The van der Waals surface area contributed by atoms with Gasteiger partial charge in [0.2, 0.25) is 12.7 Å². The molecule has 1 atom stereocenters. The summed E-state index contributed by atoms with van der Waals surface area (Å²) in [6.07, 6.45) is 1.01. The lowest BCUT2D eigenvalue weighted by molar-refractivity contribution is -0.117. The van der Waals surface area contributed by atoms with Gasteiger partial charge in [-0.15, -0.1) is 0 Å². The molecule has 1 heterocycles. The van der Waals surface area contributed by atoms with Crippen molar-refractivity contribution in [3.05, 3.63) is 18.2 Å². The number of anilines is 1. The highest BCUT2D eigenvalue weighted by atomic mass is 16.7. The van der Waals surface area contributed by atoms with Crippen LogP contribution in [-0.4, -0.2) is 50.8 Å². The molecule has 0 fully saturated rings. The second-order valence-corrected chi connectivity index (χ2v) is 5.39. The fourth-order valence-corrected chi connectivity index (χ4v) is 2.03. The van der Waals surface area contributed by atoms with Gasteiger partial charge < -0.3 is 25.0 Å². The molecule has 0 radical (unpaired) electrons. The lowest BCUT2D eigenvalue weighted by atomic mass is 10.2. The van der Waals surface area contributed by atoms with Gasteiger partial charge in [-0.1, -0.05) is 0 Å². The molecule has 0 saturated carbocycles. The SMILES string of the molecule is CC(NCCCN(C)C)C(=O)Nc1ccc2c(c1)OCO2. The zero-order chi connectivity index (χ0) is 15.2. The molecule has 1 aliphatic heterocycles. The Balaban J connectivity index is 1.78. The highest BCUT2D eigenvalue weighted by molar-refractivity contribution is 5.94. The van der Waals surface area contributed by atoms with E-state index in [9.17, 15) is 4.79 Å². The Kier molecular flexibility index (Phi) is 5.41. The average molecular weight is 293 g/mol. The van der Waals surface area contributed by atoms with E-state index >= 15 is 0 Å². The van der Waals surface area contributed by atoms with E-state index in [4.69, 9.17) is 9.47 Å². The van der Waals surface area contributed by atoms with Gasteiger partial charge in [-0.25, -0.2) is 0 Å². The third-order valence-corrected chi connectivity index (χ3v) is 3.27. The fourth-order valence-electron chi connectivity index (χ4n) is 2.03. The van der Waals surface area contributed by atoms with Gasteiger partial charge in [0.15, 0.2) is 11.5 Å². The van der Waals surface area contributed by atoms with Gasteiger partial charge in [0, 0.05) is 11.8 Å². The quantitative estimate of drug-likeness (QED) is 0.742. The van der Waals surface area contributed by atoms with E-state index in [1.165, 1.54) is 0 Å². The summed E-state index contributed by atoms with van der Waals surface area (Å²) in [7, 11) is 4.07. The summed E-state index contributed by atoms with van der Waals surface area (Å²) in [6, 6.07) is 5.15. The molecule has 1 aromatic rings. The van der Waals surface area contributed by atoms with Crippen LogP contribution in [-0.2, 0) is 4.79 Å². The molecule has 1 aromatic carbocycles. The third-order valence-electron chi connectivity index (χ3n) is 3.27. The van der Waals surface area contributed by atoms with Gasteiger partial charge in [0.1, 0.15) is 0 Å². The first-order chi connectivity index (χ1) is 10.1. The molecule has 21 heavy (non-hydrogen) atoms. The highest BCUT2D eigenvalue weighted by Gasteiger charge is 2.16. The van der Waals surface area contributed by atoms with Crippen LogP contribution in [0.1, 0.15) is 13.3 Å². The summed E-state index contributed by atoms with van der Waals surface area (Å²) < 4.78 is 10.5. The lowest BCUT2D eigenvalue weighted by Gasteiger charge is -2.15. The van der Waals surface area contributed by atoms with Crippen molar-refractivity contribution in [2.45, 2.75) is 19.4 Å². The minimum Gasteiger partial charge on any atom is -0.454 e. The van der Waals surface area contributed by atoms with Gasteiger partial charge in [0.05, 0.1) is 6.04 Å². The molecule has 0 bridgehead atoms. The van der Waals surface area contributed by atoms with Crippen LogP contribution in [0, 0.1) is 0 Å². The number of hydrogen-bond donors (Lipinski definition) is 2. The van der Waals surface area contributed by atoms with Crippen LogP contribution in [0.25, 0.3) is 0 Å². The number of nitrogens with one attached hydrogen (secondary N) is 2. The minimum atomic E-state index is -0.238. The average Bonchev–Trinajstić information content (AvgIpc) is 2.90. The van der Waals surface area contributed by atoms with Crippen LogP contribution >= 0.6 is 0 Å². The number of carbonyl (C=O) groups is 1. The Bertz CT molecular complexity index is 491. The van der Waals surface area contributed by atoms with Gasteiger partial charge in [0.25, 0.3) is 0 Å². The summed E-state index contributed by atoms with van der Waals surface area (Å²) in [5.41, 5.74) is 0.714. The molecule has 6 heteroatoms. The third kappa shape index (κ3) is 4.61. The molecular weight excluding hydrogens is 270 g/mol. The van der Waals surface area contributed by atoms with Crippen molar-refractivity contribution < 1.29 is 14.3 Å². The molecule has 0 aliphatic carbocycles.